The van der Waals surface area contributed by atoms with Crippen LogP contribution < -0.4 is 4.90 Å². The van der Waals surface area contributed by atoms with Crippen molar-refractivity contribution >= 4 is 34.7 Å². The molecule has 0 aliphatic carbocycles. The molecule has 1 saturated heterocycles. The van der Waals surface area contributed by atoms with Crippen molar-refractivity contribution in [2.24, 2.45) is 0 Å². The van der Waals surface area contributed by atoms with Gasteiger partial charge in [0.25, 0.3) is 11.7 Å². The van der Waals surface area contributed by atoms with Gasteiger partial charge in [0, 0.05) is 16.3 Å². The number of aliphatic hydroxyl groups is 1. The molecule has 0 radical (unpaired) electrons. The van der Waals surface area contributed by atoms with E-state index in [1.165, 1.54) is 48.5 Å². The number of Topliss-reactive ketones (excluding diaryl/α,β-unsaturated/α-hetero) is 1. The van der Waals surface area contributed by atoms with Gasteiger partial charge >= 0.3 is 0 Å². The summed E-state index contributed by atoms with van der Waals surface area (Å²) in [6.07, 6.45) is 0. The van der Waals surface area contributed by atoms with E-state index in [-0.39, 0.29) is 17.0 Å². The highest BCUT2D eigenvalue weighted by molar-refractivity contribution is 6.51. The quantitative estimate of drug-likeness (QED) is 0.354. The predicted octanol–water partition coefficient (Wildman–Crippen LogP) is 5.24. The van der Waals surface area contributed by atoms with Gasteiger partial charge in [0.15, 0.2) is 0 Å². The number of rotatable bonds is 3. The zero-order chi connectivity index (χ0) is 21.4. The number of ketones is 1. The number of anilines is 1. The molecule has 1 N–H and O–H groups in total. The number of carbonyl (C=O) groups excluding carboxylic acids is 2. The highest BCUT2D eigenvalue weighted by atomic mass is 35.5. The Kier molecular flexibility index (Phi) is 5.10. The van der Waals surface area contributed by atoms with Crippen molar-refractivity contribution < 1.29 is 23.5 Å². The Morgan fingerprint density at radius 2 is 1.37 bits per heavy atom. The molecule has 0 unspecified atom stereocenters. The lowest BCUT2D eigenvalue weighted by atomic mass is 9.95. The van der Waals surface area contributed by atoms with Gasteiger partial charge in [-0.2, -0.15) is 0 Å². The van der Waals surface area contributed by atoms with Gasteiger partial charge in [-0.05, 0) is 66.2 Å². The highest BCUT2D eigenvalue weighted by Gasteiger charge is 2.46. The first-order valence-corrected chi connectivity index (χ1v) is 9.32. The van der Waals surface area contributed by atoms with E-state index < -0.39 is 29.4 Å². The van der Waals surface area contributed by atoms with Crippen LogP contribution in [0, 0.1) is 11.6 Å². The van der Waals surface area contributed by atoms with Crippen molar-refractivity contribution in [3.05, 3.63) is 106 Å². The third kappa shape index (κ3) is 3.46. The van der Waals surface area contributed by atoms with Gasteiger partial charge < -0.3 is 5.11 Å². The minimum Gasteiger partial charge on any atom is -0.507 e. The molecule has 1 atom stereocenters. The number of halogens is 3. The number of nitrogens with zero attached hydrogens (tertiary/aromatic N) is 1. The smallest absolute Gasteiger partial charge is 0.300 e. The maximum atomic E-state index is 13.5. The van der Waals surface area contributed by atoms with Gasteiger partial charge in [0.05, 0.1) is 11.6 Å². The molecule has 3 aromatic carbocycles. The van der Waals surface area contributed by atoms with E-state index in [0.717, 1.165) is 17.0 Å². The van der Waals surface area contributed by atoms with E-state index in [9.17, 15) is 23.5 Å². The lowest BCUT2D eigenvalue weighted by Crippen LogP contribution is -2.29. The first-order valence-electron chi connectivity index (χ1n) is 8.95. The van der Waals surface area contributed by atoms with Crippen LogP contribution in [0.5, 0.6) is 0 Å². The molecular weight excluding hydrogens is 412 g/mol. The number of hydrogen-bond acceptors (Lipinski definition) is 3. The Balaban J connectivity index is 1.93. The highest BCUT2D eigenvalue weighted by Crippen LogP contribution is 2.42. The van der Waals surface area contributed by atoms with Gasteiger partial charge in [-0.15, -0.1) is 0 Å². The summed E-state index contributed by atoms with van der Waals surface area (Å²) in [5.74, 6) is -3.17. The van der Waals surface area contributed by atoms with E-state index in [1.807, 2.05) is 0 Å². The van der Waals surface area contributed by atoms with Crippen LogP contribution in [-0.2, 0) is 9.59 Å². The van der Waals surface area contributed by atoms with Crippen molar-refractivity contribution in [2.75, 3.05) is 4.90 Å². The monoisotopic (exact) mass is 425 g/mol. The molecule has 4 rings (SSSR count). The normalized spacial score (nSPS) is 18.1. The number of amides is 1. The third-order valence-electron chi connectivity index (χ3n) is 4.85. The van der Waals surface area contributed by atoms with Crippen molar-refractivity contribution in [1.82, 2.24) is 0 Å². The minimum atomic E-state index is -1.02. The summed E-state index contributed by atoms with van der Waals surface area (Å²) in [4.78, 5) is 27.0. The zero-order valence-corrected chi connectivity index (χ0v) is 16.1. The van der Waals surface area contributed by atoms with E-state index in [0.29, 0.717) is 16.1 Å². The second kappa shape index (κ2) is 7.72. The average Bonchev–Trinajstić information content (AvgIpc) is 3.00. The van der Waals surface area contributed by atoms with Crippen LogP contribution in [0.4, 0.5) is 14.5 Å². The van der Waals surface area contributed by atoms with Crippen molar-refractivity contribution in [3.8, 4) is 0 Å². The fraction of sp³-hybridized carbons (Fsp3) is 0.0435. The molecule has 1 aliphatic heterocycles. The fourth-order valence-corrected chi connectivity index (χ4v) is 3.55. The summed E-state index contributed by atoms with van der Waals surface area (Å²) < 4.78 is 26.9. The van der Waals surface area contributed by atoms with E-state index in [2.05, 4.69) is 0 Å². The van der Waals surface area contributed by atoms with Crippen LogP contribution >= 0.6 is 11.6 Å². The lowest BCUT2D eigenvalue weighted by Gasteiger charge is -2.25. The average molecular weight is 426 g/mol. The largest absolute Gasteiger partial charge is 0.507 e. The van der Waals surface area contributed by atoms with Crippen LogP contribution in [0.25, 0.3) is 5.76 Å². The molecule has 3 aromatic rings. The Bertz CT molecular complexity index is 1160. The molecule has 30 heavy (non-hydrogen) atoms. The van der Waals surface area contributed by atoms with E-state index in [4.69, 9.17) is 11.6 Å². The molecule has 150 valence electrons. The molecule has 0 aromatic heterocycles. The Hall–Kier alpha value is -3.51. The maximum absolute atomic E-state index is 13.5. The SMILES string of the molecule is O=C1C(=O)N(c2ccc(F)cc2)[C@@H](c2ccc(F)cc2)/C1=C(\O)c1ccc(Cl)cc1. The van der Waals surface area contributed by atoms with Crippen LogP contribution in [0.1, 0.15) is 17.2 Å². The van der Waals surface area contributed by atoms with Crippen molar-refractivity contribution in [3.63, 3.8) is 0 Å². The molecular formula is C23H14ClF2NO3. The van der Waals surface area contributed by atoms with Gasteiger partial charge in [-0.3, -0.25) is 14.5 Å². The van der Waals surface area contributed by atoms with Crippen LogP contribution in [-0.4, -0.2) is 16.8 Å². The topological polar surface area (TPSA) is 57.6 Å². The third-order valence-corrected chi connectivity index (χ3v) is 5.10. The van der Waals surface area contributed by atoms with E-state index in [1.54, 1.807) is 12.1 Å². The molecule has 1 fully saturated rings. The van der Waals surface area contributed by atoms with Gasteiger partial charge in [-0.25, -0.2) is 8.78 Å². The van der Waals surface area contributed by atoms with E-state index >= 15 is 0 Å². The van der Waals surface area contributed by atoms with Crippen LogP contribution in [0.15, 0.2) is 78.4 Å². The number of benzene rings is 3. The van der Waals surface area contributed by atoms with Gasteiger partial charge in [-0.1, -0.05) is 23.7 Å². The molecule has 1 amide bonds. The number of carbonyl (C=O) groups is 2. The minimum absolute atomic E-state index is 0.154. The summed E-state index contributed by atoms with van der Waals surface area (Å²) in [7, 11) is 0. The predicted molar refractivity (Wildman–Crippen MR) is 109 cm³/mol. The Morgan fingerprint density at radius 3 is 1.93 bits per heavy atom. The number of aliphatic hydroxyl groups excluding tert-OH is 1. The Labute approximate surface area is 175 Å². The van der Waals surface area contributed by atoms with Crippen molar-refractivity contribution in [2.45, 2.75) is 6.04 Å². The maximum Gasteiger partial charge on any atom is 0.300 e. The van der Waals surface area contributed by atoms with Gasteiger partial charge in [0.2, 0.25) is 0 Å². The molecule has 1 heterocycles. The molecule has 4 nitrogen and oxygen atoms in total. The summed E-state index contributed by atoms with van der Waals surface area (Å²) in [5, 5.41) is 11.3. The first kappa shape index (κ1) is 19.8. The molecule has 1 aliphatic rings. The zero-order valence-electron chi connectivity index (χ0n) is 15.4. The second-order valence-electron chi connectivity index (χ2n) is 6.70. The number of hydrogen-bond donors (Lipinski definition) is 1. The molecule has 7 heteroatoms. The first-order chi connectivity index (χ1) is 14.4. The van der Waals surface area contributed by atoms with Crippen molar-refractivity contribution in [1.29, 1.82) is 0 Å². The van der Waals surface area contributed by atoms with Gasteiger partial charge in [0.1, 0.15) is 17.4 Å². The second-order valence-corrected chi connectivity index (χ2v) is 7.14. The summed E-state index contributed by atoms with van der Waals surface area (Å²) in [6, 6.07) is 15.4. The molecule has 0 saturated carbocycles. The summed E-state index contributed by atoms with van der Waals surface area (Å²) in [6.45, 7) is 0. The Morgan fingerprint density at radius 1 is 0.833 bits per heavy atom. The lowest BCUT2D eigenvalue weighted by molar-refractivity contribution is -0.132. The van der Waals surface area contributed by atoms with Crippen LogP contribution in [0.3, 0.4) is 0 Å². The summed E-state index contributed by atoms with van der Waals surface area (Å²) >= 11 is 5.89. The molecule has 0 bridgehead atoms. The van der Waals surface area contributed by atoms with Crippen LogP contribution in [0.2, 0.25) is 5.02 Å². The fourth-order valence-electron chi connectivity index (χ4n) is 3.42. The molecule has 0 spiro atoms. The summed E-state index contributed by atoms with van der Waals surface area (Å²) in [5.41, 5.74) is 0.820. The standard InChI is InChI=1S/C23H14ClF2NO3/c24-15-5-1-14(2-6-15)21(28)19-20(13-3-7-16(25)8-4-13)27(23(30)22(19)29)18-11-9-17(26)10-12-18/h1-12,20,28H/b21-19+/t20-/m0/s1.